The summed E-state index contributed by atoms with van der Waals surface area (Å²) in [5, 5.41) is 13.0. The molecule has 10 nitrogen and oxygen atoms in total. The van der Waals surface area contributed by atoms with Crippen molar-refractivity contribution in [3.8, 4) is 6.07 Å². The minimum atomic E-state index is -0.926. The molecule has 4 aliphatic rings. The molecule has 9 atom stereocenters. The first-order chi connectivity index (χ1) is 20.0. The highest BCUT2D eigenvalue weighted by Crippen LogP contribution is 2.54. The van der Waals surface area contributed by atoms with Gasteiger partial charge in [-0.2, -0.15) is 5.26 Å². The van der Waals surface area contributed by atoms with E-state index in [0.717, 1.165) is 49.7 Å². The molecule has 4 unspecified atom stereocenters. The largest absolute Gasteiger partial charge is 0.402 e. The summed E-state index contributed by atoms with van der Waals surface area (Å²) in [6.45, 7) is 8.29. The Labute approximate surface area is 248 Å². The van der Waals surface area contributed by atoms with Gasteiger partial charge < -0.3 is 21.7 Å². The SMILES string of the molecule is C=C(N)C1CCC2C(CCc3cc(C(N)=O)ccc3C2(C[C@@H](C)NCC(=O)N2[C@H]3[C@@H](C)[C@H]3C[C@H]2C#N)C(=O)NNC)C1. The predicted molar refractivity (Wildman–Crippen MR) is 159 cm³/mol. The van der Waals surface area contributed by atoms with E-state index in [9.17, 15) is 19.6 Å². The molecule has 0 aromatic heterocycles. The lowest BCUT2D eigenvalue weighted by atomic mass is 9.57. The maximum Gasteiger partial charge on any atom is 0.248 e. The Morgan fingerprint density at radius 1 is 1.21 bits per heavy atom. The number of hydrazine groups is 1. The molecule has 10 heteroatoms. The summed E-state index contributed by atoms with van der Waals surface area (Å²) in [6, 6.07) is 7.39. The molecule has 1 aromatic carbocycles. The number of fused-ring (bicyclic) bond motifs is 3. The number of carbonyl (C=O) groups is 3. The number of nitriles is 1. The first-order valence-corrected chi connectivity index (χ1v) is 15.3. The Morgan fingerprint density at radius 3 is 2.64 bits per heavy atom. The van der Waals surface area contributed by atoms with Gasteiger partial charge in [0.2, 0.25) is 17.7 Å². The third-order valence-electron chi connectivity index (χ3n) is 10.8. The first kappa shape index (κ1) is 30.1. The van der Waals surface area contributed by atoms with Crippen LogP contribution in [-0.2, 0) is 21.4 Å². The topological polar surface area (TPSA) is 166 Å². The van der Waals surface area contributed by atoms with Gasteiger partial charge in [-0.05, 0) is 105 Å². The van der Waals surface area contributed by atoms with Crippen LogP contribution >= 0.6 is 0 Å². The number of benzene rings is 1. The molecule has 1 heterocycles. The van der Waals surface area contributed by atoms with Gasteiger partial charge in [0.15, 0.2) is 0 Å². The Kier molecular flexibility index (Phi) is 8.37. The van der Waals surface area contributed by atoms with Gasteiger partial charge in [-0.15, -0.1) is 0 Å². The third kappa shape index (κ3) is 5.18. The first-order valence-electron chi connectivity index (χ1n) is 15.3. The summed E-state index contributed by atoms with van der Waals surface area (Å²) in [5.74, 6) is 0.625. The monoisotopic (exact) mass is 575 g/mol. The smallest absolute Gasteiger partial charge is 0.248 e. The summed E-state index contributed by atoms with van der Waals surface area (Å²) >= 11 is 0. The number of hydrogen-bond donors (Lipinski definition) is 5. The summed E-state index contributed by atoms with van der Waals surface area (Å²) in [5.41, 5.74) is 19.7. The van der Waals surface area contributed by atoms with Crippen LogP contribution in [0.25, 0.3) is 0 Å². The van der Waals surface area contributed by atoms with E-state index >= 15 is 0 Å². The quantitative estimate of drug-likeness (QED) is 0.280. The van der Waals surface area contributed by atoms with Gasteiger partial charge in [0.1, 0.15) is 6.04 Å². The van der Waals surface area contributed by atoms with E-state index in [1.165, 1.54) is 0 Å². The number of aryl methyl sites for hydroxylation is 1. The molecule has 3 fully saturated rings. The van der Waals surface area contributed by atoms with Crippen LogP contribution < -0.4 is 27.6 Å². The van der Waals surface area contributed by atoms with E-state index in [1.54, 1.807) is 18.0 Å². The van der Waals surface area contributed by atoms with E-state index in [4.69, 9.17) is 11.5 Å². The van der Waals surface area contributed by atoms with E-state index in [1.807, 2.05) is 19.1 Å². The Morgan fingerprint density at radius 2 is 1.98 bits per heavy atom. The van der Waals surface area contributed by atoms with Crippen LogP contribution in [0.3, 0.4) is 0 Å². The number of hydrogen-bond acceptors (Lipinski definition) is 7. The zero-order chi connectivity index (χ0) is 30.3. The standard InChI is InChI=1S/C32H45N7O3/c1-17(37-16-28(40)39-24(15-33)13-25-18(2)29(25)39)14-32(31(42)38-36-4)26-9-7-20(19(3)34)11-21(26)5-6-22-12-23(30(35)41)8-10-27(22)32/h8,10,12,17-18,20-21,24-26,29,36-37H,3,5-7,9,11,13-14,16,34H2,1-2,4H3,(H2,35,41)(H,38,42)/t17-,18+,20?,21?,24+,25-,26?,29+,32?/m1/s1. The predicted octanol–water partition coefficient (Wildman–Crippen LogP) is 1.85. The number of allylic oxidation sites excluding steroid dienone is 1. The van der Waals surface area contributed by atoms with Crippen molar-refractivity contribution in [1.82, 2.24) is 21.1 Å². The molecule has 0 spiro atoms. The van der Waals surface area contributed by atoms with Gasteiger partial charge in [0, 0.05) is 30.4 Å². The van der Waals surface area contributed by atoms with Crippen molar-refractivity contribution in [2.45, 2.75) is 82.3 Å². The lowest BCUT2D eigenvalue weighted by molar-refractivity contribution is -0.132. The maximum absolute atomic E-state index is 14.3. The maximum atomic E-state index is 14.3. The van der Waals surface area contributed by atoms with E-state index < -0.39 is 11.3 Å². The van der Waals surface area contributed by atoms with Crippen LogP contribution in [0.4, 0.5) is 0 Å². The van der Waals surface area contributed by atoms with Crippen molar-refractivity contribution >= 4 is 17.7 Å². The molecule has 5 rings (SSSR count). The number of piperidine rings is 1. The molecule has 2 saturated carbocycles. The molecule has 226 valence electrons. The number of rotatable bonds is 9. The molecule has 7 N–H and O–H groups in total. The van der Waals surface area contributed by atoms with Crippen molar-refractivity contribution in [3.05, 3.63) is 47.2 Å². The number of nitrogens with zero attached hydrogens (tertiary/aromatic N) is 2. The van der Waals surface area contributed by atoms with Gasteiger partial charge in [-0.3, -0.25) is 19.8 Å². The number of primary amides is 1. The second kappa shape index (κ2) is 11.7. The fourth-order valence-electron chi connectivity index (χ4n) is 8.65. The zero-order valence-corrected chi connectivity index (χ0v) is 25.0. The van der Waals surface area contributed by atoms with Gasteiger partial charge >= 0.3 is 0 Å². The molecular weight excluding hydrogens is 530 g/mol. The Balaban J connectivity index is 1.47. The molecule has 3 amide bonds. The number of likely N-dealkylation sites (tertiary alicyclic amines) is 1. The minimum Gasteiger partial charge on any atom is -0.402 e. The number of nitrogens with one attached hydrogen (secondary N) is 3. The van der Waals surface area contributed by atoms with Gasteiger partial charge in [-0.25, -0.2) is 5.43 Å². The van der Waals surface area contributed by atoms with Crippen LogP contribution in [0.1, 0.15) is 73.9 Å². The average Bonchev–Trinajstić information content (AvgIpc) is 3.44. The molecule has 0 bridgehead atoms. The third-order valence-corrected chi connectivity index (χ3v) is 10.8. The highest BCUT2D eigenvalue weighted by molar-refractivity contribution is 5.94. The summed E-state index contributed by atoms with van der Waals surface area (Å²) < 4.78 is 0. The van der Waals surface area contributed by atoms with Crippen molar-refractivity contribution in [3.63, 3.8) is 0 Å². The summed E-state index contributed by atoms with van der Waals surface area (Å²) in [4.78, 5) is 41.6. The normalized spacial score (nSPS) is 33.7. The van der Waals surface area contributed by atoms with Crippen molar-refractivity contribution in [2.75, 3.05) is 13.6 Å². The minimum absolute atomic E-state index is 0.0247. The molecule has 1 saturated heterocycles. The fraction of sp³-hybridized carbons (Fsp3) is 0.625. The van der Waals surface area contributed by atoms with Crippen molar-refractivity contribution in [1.29, 1.82) is 5.26 Å². The lowest BCUT2D eigenvalue weighted by Crippen LogP contribution is -2.57. The van der Waals surface area contributed by atoms with Crippen LogP contribution in [0.5, 0.6) is 0 Å². The van der Waals surface area contributed by atoms with Gasteiger partial charge in [-0.1, -0.05) is 19.6 Å². The number of amides is 3. The lowest BCUT2D eigenvalue weighted by Gasteiger charge is -2.47. The highest BCUT2D eigenvalue weighted by atomic mass is 16.2. The summed E-state index contributed by atoms with van der Waals surface area (Å²) in [7, 11) is 1.68. The molecule has 3 aliphatic carbocycles. The van der Waals surface area contributed by atoms with Crippen molar-refractivity contribution < 1.29 is 14.4 Å². The molecule has 1 aromatic rings. The Hall–Kier alpha value is -3.42. The van der Waals surface area contributed by atoms with Crippen LogP contribution in [-0.4, -0.2) is 54.3 Å². The number of nitrogens with two attached hydrogens (primary N) is 2. The molecule has 0 radical (unpaired) electrons. The van der Waals surface area contributed by atoms with E-state index in [0.29, 0.717) is 29.5 Å². The fourth-order valence-corrected chi connectivity index (χ4v) is 8.65. The van der Waals surface area contributed by atoms with Gasteiger partial charge in [0.05, 0.1) is 18.0 Å². The zero-order valence-electron chi connectivity index (χ0n) is 25.0. The van der Waals surface area contributed by atoms with Crippen molar-refractivity contribution in [2.24, 2.45) is 41.1 Å². The van der Waals surface area contributed by atoms with Gasteiger partial charge in [0.25, 0.3) is 0 Å². The molecule has 42 heavy (non-hydrogen) atoms. The number of carbonyl (C=O) groups excluding carboxylic acids is 3. The van der Waals surface area contributed by atoms with E-state index in [2.05, 4.69) is 35.7 Å². The highest BCUT2D eigenvalue weighted by Gasteiger charge is 2.60. The second-order valence-corrected chi connectivity index (χ2v) is 13.1. The van der Waals surface area contributed by atoms with Crippen LogP contribution in [0.15, 0.2) is 30.5 Å². The Bertz CT molecular complexity index is 1310. The molecular formula is C32H45N7O3. The van der Waals surface area contributed by atoms with E-state index in [-0.39, 0.29) is 54.2 Å². The van der Waals surface area contributed by atoms with Crippen LogP contribution in [0.2, 0.25) is 0 Å². The second-order valence-electron chi connectivity index (χ2n) is 13.1. The van der Waals surface area contributed by atoms with Crippen LogP contribution in [0, 0.1) is 40.9 Å². The summed E-state index contributed by atoms with van der Waals surface area (Å²) in [6.07, 6.45) is 5.31. The molecule has 1 aliphatic heterocycles. The average molecular weight is 576 g/mol.